The molecular weight excluding hydrogens is 544 g/mol. The number of aromatic carboxylic acids is 1. The average Bonchev–Trinajstić information content (AvgIpc) is 3.29. The van der Waals surface area contributed by atoms with Crippen LogP contribution in [-0.2, 0) is 9.84 Å². The molecule has 4 aromatic rings. The number of carbonyl (C=O) groups is 2. The summed E-state index contributed by atoms with van der Waals surface area (Å²) in [5.41, 5.74) is 0.320. The van der Waals surface area contributed by atoms with Gasteiger partial charge in [0.15, 0.2) is 15.0 Å². The molecule has 0 aliphatic carbocycles. The zero-order valence-corrected chi connectivity index (χ0v) is 22.7. The van der Waals surface area contributed by atoms with Gasteiger partial charge in [-0.2, -0.15) is 0 Å². The molecular formula is C27H24N2O8S2. The Kier molecular flexibility index (Phi) is 8.17. The highest BCUT2D eigenvalue weighted by Crippen LogP contribution is 2.32. The Hall–Kier alpha value is -4.42. The van der Waals surface area contributed by atoms with Crippen LogP contribution in [0.2, 0.25) is 0 Å². The molecule has 0 saturated heterocycles. The summed E-state index contributed by atoms with van der Waals surface area (Å²) in [6, 6.07) is 16.7. The summed E-state index contributed by atoms with van der Waals surface area (Å²) in [6.07, 6.45) is 2.37. The highest BCUT2D eigenvalue weighted by atomic mass is 32.2. The summed E-state index contributed by atoms with van der Waals surface area (Å²) < 4.78 is 40.8. The Balaban J connectivity index is 1.51. The van der Waals surface area contributed by atoms with Gasteiger partial charge in [-0.1, -0.05) is 17.4 Å². The number of carboxylic acids is 1. The van der Waals surface area contributed by atoms with E-state index in [0.717, 1.165) is 17.6 Å². The van der Waals surface area contributed by atoms with Crippen molar-refractivity contribution in [1.29, 1.82) is 0 Å². The fourth-order valence-electron chi connectivity index (χ4n) is 3.34. The van der Waals surface area contributed by atoms with E-state index in [2.05, 4.69) is 10.3 Å². The first-order valence-corrected chi connectivity index (χ1v) is 14.3. The minimum absolute atomic E-state index is 0.0819. The maximum absolute atomic E-state index is 13.1. The number of sulfone groups is 1. The molecule has 202 valence electrons. The van der Waals surface area contributed by atoms with Gasteiger partial charge < -0.3 is 19.3 Å². The number of amides is 1. The lowest BCUT2D eigenvalue weighted by molar-refractivity contribution is 0.0696. The molecule has 0 atom stereocenters. The molecule has 1 aromatic heterocycles. The Morgan fingerprint density at radius 3 is 2.26 bits per heavy atom. The first kappa shape index (κ1) is 27.6. The van der Waals surface area contributed by atoms with Crippen molar-refractivity contribution in [2.24, 2.45) is 0 Å². The molecule has 12 heteroatoms. The molecule has 4 rings (SSSR count). The molecule has 1 heterocycles. The smallest absolute Gasteiger partial charge is 0.335 e. The molecule has 1 amide bonds. The van der Waals surface area contributed by atoms with Crippen LogP contribution in [0.5, 0.6) is 28.1 Å². The van der Waals surface area contributed by atoms with Crippen LogP contribution in [0.1, 0.15) is 34.6 Å². The third kappa shape index (κ3) is 7.55. The van der Waals surface area contributed by atoms with Crippen molar-refractivity contribution < 1.29 is 37.3 Å². The Bertz CT molecular complexity index is 1610. The van der Waals surface area contributed by atoms with Gasteiger partial charge in [-0.3, -0.25) is 10.1 Å². The minimum Gasteiger partial charge on any atom is -0.491 e. The van der Waals surface area contributed by atoms with Gasteiger partial charge in [-0.25, -0.2) is 18.2 Å². The van der Waals surface area contributed by atoms with E-state index in [0.29, 0.717) is 28.1 Å². The number of aromatic nitrogens is 1. The quantitative estimate of drug-likeness (QED) is 0.240. The van der Waals surface area contributed by atoms with Crippen LogP contribution >= 0.6 is 11.3 Å². The van der Waals surface area contributed by atoms with Gasteiger partial charge in [-0.15, -0.1) is 0 Å². The van der Waals surface area contributed by atoms with Crippen molar-refractivity contribution in [3.8, 4) is 28.1 Å². The number of carboxylic acid groups (broad SMARTS) is 1. The fourth-order valence-corrected chi connectivity index (χ4v) is 4.65. The SMILES string of the molecule is CC(C)Oc1cc(Oc2ccc(S(C)(=O)=O)cc2)cc(C(=O)Nc2ncc(Oc3cccc(C(=O)O)c3)s2)c1. The lowest BCUT2D eigenvalue weighted by Crippen LogP contribution is -2.13. The van der Waals surface area contributed by atoms with Crippen LogP contribution in [0.15, 0.2) is 77.8 Å². The second kappa shape index (κ2) is 11.5. The van der Waals surface area contributed by atoms with E-state index < -0.39 is 21.7 Å². The molecule has 0 aliphatic heterocycles. The van der Waals surface area contributed by atoms with E-state index in [1.165, 1.54) is 48.7 Å². The van der Waals surface area contributed by atoms with Gasteiger partial charge in [0.1, 0.15) is 23.0 Å². The topological polar surface area (TPSA) is 141 Å². The monoisotopic (exact) mass is 568 g/mol. The molecule has 10 nitrogen and oxygen atoms in total. The third-order valence-corrected chi connectivity index (χ3v) is 6.93. The van der Waals surface area contributed by atoms with Gasteiger partial charge in [0.25, 0.3) is 5.91 Å². The van der Waals surface area contributed by atoms with Gasteiger partial charge in [-0.05, 0) is 68.4 Å². The largest absolute Gasteiger partial charge is 0.491 e. The zero-order valence-electron chi connectivity index (χ0n) is 21.1. The normalized spacial score (nSPS) is 11.2. The average molecular weight is 569 g/mol. The molecule has 0 spiro atoms. The number of ether oxygens (including phenoxy) is 3. The fraction of sp³-hybridized carbons (Fsp3) is 0.148. The summed E-state index contributed by atoms with van der Waals surface area (Å²) in [7, 11) is -3.35. The van der Waals surface area contributed by atoms with E-state index in [4.69, 9.17) is 19.3 Å². The van der Waals surface area contributed by atoms with Crippen molar-refractivity contribution in [3.05, 3.63) is 84.1 Å². The van der Waals surface area contributed by atoms with E-state index in [1.807, 2.05) is 13.8 Å². The zero-order chi connectivity index (χ0) is 28.2. The van der Waals surface area contributed by atoms with Gasteiger partial charge in [0, 0.05) is 17.9 Å². The van der Waals surface area contributed by atoms with E-state index in [1.54, 1.807) is 24.3 Å². The maximum Gasteiger partial charge on any atom is 0.335 e. The standard InChI is InChI=1S/C27H24N2O8S2/c1-16(2)35-21-12-18(13-22(14-21)36-19-7-9-23(10-8-19)39(3,33)34)25(30)29-27-28-15-24(38-27)37-20-6-4-5-17(11-20)26(31)32/h4-16H,1-3H3,(H,31,32)(H,28,29,30). The number of carbonyl (C=O) groups excluding carboxylic acids is 1. The molecule has 0 radical (unpaired) electrons. The van der Waals surface area contributed by atoms with Crippen LogP contribution < -0.4 is 19.5 Å². The number of thiazole rings is 1. The highest BCUT2D eigenvalue weighted by Gasteiger charge is 2.15. The molecule has 0 aliphatic rings. The van der Waals surface area contributed by atoms with Gasteiger partial charge in [0.05, 0.1) is 22.8 Å². The maximum atomic E-state index is 13.1. The van der Waals surface area contributed by atoms with Crippen LogP contribution in [0.25, 0.3) is 0 Å². The summed E-state index contributed by atoms with van der Waals surface area (Å²) in [6.45, 7) is 3.70. The number of nitrogens with one attached hydrogen (secondary N) is 1. The second-order valence-electron chi connectivity index (χ2n) is 8.58. The molecule has 0 saturated carbocycles. The Morgan fingerprint density at radius 2 is 1.59 bits per heavy atom. The lowest BCUT2D eigenvalue weighted by Gasteiger charge is -2.14. The van der Waals surface area contributed by atoms with E-state index in [-0.39, 0.29) is 27.3 Å². The number of nitrogens with zero attached hydrogens (tertiary/aromatic N) is 1. The van der Waals surface area contributed by atoms with Crippen molar-refractivity contribution in [1.82, 2.24) is 4.98 Å². The van der Waals surface area contributed by atoms with Crippen LogP contribution in [0, 0.1) is 0 Å². The predicted octanol–water partition coefficient (Wildman–Crippen LogP) is 5.87. The lowest BCUT2D eigenvalue weighted by atomic mass is 10.2. The summed E-state index contributed by atoms with van der Waals surface area (Å²) in [4.78, 5) is 28.6. The molecule has 0 fully saturated rings. The Morgan fingerprint density at radius 1 is 0.897 bits per heavy atom. The summed E-state index contributed by atoms with van der Waals surface area (Å²) in [5, 5.41) is 12.5. The first-order chi connectivity index (χ1) is 18.5. The van der Waals surface area contributed by atoms with E-state index >= 15 is 0 Å². The van der Waals surface area contributed by atoms with E-state index in [9.17, 15) is 18.0 Å². The molecule has 0 unspecified atom stereocenters. The number of anilines is 1. The van der Waals surface area contributed by atoms with Crippen molar-refractivity contribution in [2.45, 2.75) is 24.8 Å². The molecule has 2 N–H and O–H groups in total. The van der Waals surface area contributed by atoms with Gasteiger partial charge in [0.2, 0.25) is 5.06 Å². The number of rotatable bonds is 10. The van der Waals surface area contributed by atoms with Crippen molar-refractivity contribution in [3.63, 3.8) is 0 Å². The number of hydrogen-bond acceptors (Lipinski definition) is 9. The third-order valence-electron chi connectivity index (χ3n) is 5.01. The van der Waals surface area contributed by atoms with Crippen molar-refractivity contribution in [2.75, 3.05) is 11.6 Å². The molecule has 0 bridgehead atoms. The molecule has 3 aromatic carbocycles. The van der Waals surface area contributed by atoms with Crippen LogP contribution in [0.4, 0.5) is 5.13 Å². The highest BCUT2D eigenvalue weighted by molar-refractivity contribution is 7.90. The second-order valence-corrected chi connectivity index (χ2v) is 11.6. The first-order valence-electron chi connectivity index (χ1n) is 11.5. The predicted molar refractivity (Wildman–Crippen MR) is 145 cm³/mol. The molecule has 39 heavy (non-hydrogen) atoms. The van der Waals surface area contributed by atoms with Crippen LogP contribution in [0.3, 0.4) is 0 Å². The summed E-state index contributed by atoms with van der Waals surface area (Å²) in [5.74, 6) is -0.134. The Labute approximate surface area is 228 Å². The van der Waals surface area contributed by atoms with Crippen LogP contribution in [-0.4, -0.2) is 42.7 Å². The number of benzene rings is 3. The van der Waals surface area contributed by atoms with Crippen molar-refractivity contribution >= 4 is 38.2 Å². The summed E-state index contributed by atoms with van der Waals surface area (Å²) >= 11 is 1.07. The minimum atomic E-state index is -3.35. The van der Waals surface area contributed by atoms with Gasteiger partial charge >= 0.3 is 5.97 Å². The number of hydrogen-bond donors (Lipinski definition) is 2.